The van der Waals surface area contributed by atoms with Gasteiger partial charge in [0.05, 0.1) is 0 Å². The number of aryl methyl sites for hydroxylation is 1. The zero-order chi connectivity index (χ0) is 15.6. The largest absolute Gasteiger partial charge is 0.316 e. The van der Waals surface area contributed by atoms with Crippen LogP contribution >= 0.6 is 0 Å². The highest BCUT2D eigenvalue weighted by Crippen LogP contribution is 2.31. The Morgan fingerprint density at radius 3 is 2.67 bits per heavy atom. The lowest BCUT2D eigenvalue weighted by Gasteiger charge is -2.35. The highest BCUT2D eigenvalue weighted by molar-refractivity contribution is 7.89. The molecule has 0 aromatic carbocycles. The van der Waals surface area contributed by atoms with Crippen LogP contribution in [-0.4, -0.2) is 43.1 Å². The molecule has 1 aliphatic rings. The van der Waals surface area contributed by atoms with E-state index in [2.05, 4.69) is 22.4 Å². The van der Waals surface area contributed by atoms with Crippen LogP contribution in [0.5, 0.6) is 0 Å². The van der Waals surface area contributed by atoms with Crippen molar-refractivity contribution in [2.45, 2.75) is 57.1 Å². The molecule has 0 aliphatic heterocycles. The van der Waals surface area contributed by atoms with Crippen molar-refractivity contribution in [2.75, 3.05) is 14.1 Å². The molecular formula is C14H26N4O2S. The van der Waals surface area contributed by atoms with Gasteiger partial charge in [0.1, 0.15) is 0 Å². The maximum absolute atomic E-state index is 12.9. The quantitative estimate of drug-likeness (QED) is 0.866. The minimum absolute atomic E-state index is 0.0724. The van der Waals surface area contributed by atoms with Crippen molar-refractivity contribution in [2.24, 2.45) is 5.92 Å². The first-order chi connectivity index (χ1) is 9.89. The van der Waals surface area contributed by atoms with Crippen LogP contribution in [0.1, 0.15) is 43.9 Å². The van der Waals surface area contributed by atoms with Crippen molar-refractivity contribution < 1.29 is 8.42 Å². The number of sulfonamides is 1. The van der Waals surface area contributed by atoms with Gasteiger partial charge in [0.2, 0.25) is 0 Å². The number of aromatic nitrogens is 2. The Labute approximate surface area is 127 Å². The molecule has 1 aromatic rings. The minimum Gasteiger partial charge on any atom is -0.316 e. The summed E-state index contributed by atoms with van der Waals surface area (Å²) in [6.45, 7) is 4.48. The summed E-state index contributed by atoms with van der Waals surface area (Å²) in [5.74, 6) is 0.395. The average molecular weight is 314 g/mol. The number of nitrogens with one attached hydrogen (secondary N) is 2. The molecule has 1 fully saturated rings. The lowest BCUT2D eigenvalue weighted by atomic mass is 9.86. The van der Waals surface area contributed by atoms with Gasteiger partial charge in [-0.1, -0.05) is 19.8 Å². The monoisotopic (exact) mass is 314 g/mol. The Morgan fingerprint density at radius 2 is 2.05 bits per heavy atom. The molecule has 1 saturated carbocycles. The van der Waals surface area contributed by atoms with Gasteiger partial charge in [0.25, 0.3) is 10.0 Å². The first-order valence-electron chi connectivity index (χ1n) is 7.56. The summed E-state index contributed by atoms with van der Waals surface area (Å²) < 4.78 is 27.3. The summed E-state index contributed by atoms with van der Waals surface area (Å²) in [7, 11) is -0.0617. The van der Waals surface area contributed by atoms with Crippen LogP contribution in [0.4, 0.5) is 0 Å². The fourth-order valence-corrected chi connectivity index (χ4v) is 4.82. The fourth-order valence-electron chi connectivity index (χ4n) is 3.18. The normalized spacial score (nSPS) is 23.7. The van der Waals surface area contributed by atoms with Crippen LogP contribution in [0.15, 0.2) is 5.03 Å². The van der Waals surface area contributed by atoms with E-state index in [-0.39, 0.29) is 11.1 Å². The van der Waals surface area contributed by atoms with Gasteiger partial charge in [-0.15, -0.1) is 0 Å². The molecule has 1 aliphatic carbocycles. The predicted molar refractivity (Wildman–Crippen MR) is 82.5 cm³/mol. The van der Waals surface area contributed by atoms with E-state index in [4.69, 9.17) is 0 Å². The highest BCUT2D eigenvalue weighted by Gasteiger charge is 2.35. The maximum Gasteiger partial charge on any atom is 0.262 e. The number of rotatable bonds is 5. The van der Waals surface area contributed by atoms with Crippen LogP contribution in [0, 0.1) is 12.8 Å². The Kier molecular flexibility index (Phi) is 5.06. The van der Waals surface area contributed by atoms with Gasteiger partial charge in [-0.25, -0.2) is 8.42 Å². The van der Waals surface area contributed by atoms with Crippen LogP contribution in [0.25, 0.3) is 0 Å². The highest BCUT2D eigenvalue weighted by atomic mass is 32.2. The number of nitrogens with zero attached hydrogens (tertiary/aromatic N) is 2. The molecule has 0 saturated heterocycles. The second kappa shape index (κ2) is 6.46. The number of hydrogen-bond acceptors (Lipinski definition) is 4. The lowest BCUT2D eigenvalue weighted by molar-refractivity contribution is 0.213. The molecule has 1 aromatic heterocycles. The van der Waals surface area contributed by atoms with E-state index in [0.29, 0.717) is 12.5 Å². The Morgan fingerprint density at radius 1 is 1.38 bits per heavy atom. The molecule has 0 amide bonds. The summed E-state index contributed by atoms with van der Waals surface area (Å²) in [4.78, 5) is 0. The van der Waals surface area contributed by atoms with Gasteiger partial charge in [0.15, 0.2) is 5.03 Å². The van der Waals surface area contributed by atoms with E-state index >= 15 is 0 Å². The van der Waals surface area contributed by atoms with E-state index in [9.17, 15) is 8.42 Å². The van der Waals surface area contributed by atoms with Crippen LogP contribution in [0.2, 0.25) is 0 Å². The molecule has 0 spiro atoms. The zero-order valence-corrected chi connectivity index (χ0v) is 14.1. The molecule has 2 unspecified atom stereocenters. The predicted octanol–water partition coefficient (Wildman–Crippen LogP) is 1.64. The molecule has 2 atom stereocenters. The molecule has 6 nitrogen and oxygen atoms in total. The van der Waals surface area contributed by atoms with Crippen molar-refractivity contribution in [3.63, 3.8) is 0 Å². The van der Waals surface area contributed by atoms with Crippen molar-refractivity contribution in [1.29, 1.82) is 0 Å². The lowest BCUT2D eigenvalue weighted by Crippen LogP contribution is -2.43. The standard InChI is InChI=1S/C14H26N4O2S/c1-10-7-5-6-8-13(10)18(4)21(19,20)14-12(9-15-3)11(2)16-17-14/h10,13,15H,5-9H2,1-4H3,(H,16,17). The Bertz CT molecular complexity index is 582. The maximum atomic E-state index is 12.9. The molecule has 21 heavy (non-hydrogen) atoms. The Hall–Kier alpha value is -0.920. The molecule has 2 rings (SSSR count). The van der Waals surface area contributed by atoms with Crippen LogP contribution in [-0.2, 0) is 16.6 Å². The SMILES string of the molecule is CNCc1c(S(=O)(=O)N(C)C2CCCCC2C)n[nH]c1C. The molecule has 120 valence electrons. The molecular weight excluding hydrogens is 288 g/mol. The first-order valence-corrected chi connectivity index (χ1v) is 9.00. The van der Waals surface area contributed by atoms with Crippen LogP contribution < -0.4 is 5.32 Å². The minimum atomic E-state index is -3.55. The number of hydrogen-bond donors (Lipinski definition) is 2. The van der Waals surface area contributed by atoms with Gasteiger partial charge < -0.3 is 5.32 Å². The second-order valence-electron chi connectivity index (χ2n) is 6.01. The van der Waals surface area contributed by atoms with Crippen molar-refractivity contribution in [3.8, 4) is 0 Å². The first kappa shape index (κ1) is 16.5. The third-order valence-electron chi connectivity index (χ3n) is 4.55. The zero-order valence-electron chi connectivity index (χ0n) is 13.3. The van der Waals surface area contributed by atoms with E-state index < -0.39 is 10.0 Å². The summed E-state index contributed by atoms with van der Waals surface area (Å²) in [5, 5.41) is 10.0. The summed E-state index contributed by atoms with van der Waals surface area (Å²) >= 11 is 0. The molecule has 7 heteroatoms. The third kappa shape index (κ3) is 3.14. The van der Waals surface area contributed by atoms with Crippen molar-refractivity contribution in [1.82, 2.24) is 19.8 Å². The summed E-state index contributed by atoms with van der Waals surface area (Å²) in [6.07, 6.45) is 4.31. The van der Waals surface area contributed by atoms with E-state index in [1.807, 2.05) is 6.92 Å². The molecule has 0 bridgehead atoms. The molecule has 2 N–H and O–H groups in total. The Balaban J connectivity index is 2.33. The topological polar surface area (TPSA) is 78.1 Å². The summed E-state index contributed by atoms with van der Waals surface area (Å²) in [6, 6.07) is 0.0724. The van der Waals surface area contributed by atoms with Gasteiger partial charge in [-0.05, 0) is 32.7 Å². The average Bonchev–Trinajstić information content (AvgIpc) is 2.81. The fraction of sp³-hybridized carbons (Fsp3) is 0.786. The number of aromatic amines is 1. The van der Waals surface area contributed by atoms with E-state index in [0.717, 1.165) is 30.5 Å². The van der Waals surface area contributed by atoms with Crippen molar-refractivity contribution >= 4 is 10.0 Å². The molecule has 0 radical (unpaired) electrons. The number of H-pyrrole nitrogens is 1. The van der Waals surface area contributed by atoms with Crippen LogP contribution in [0.3, 0.4) is 0 Å². The van der Waals surface area contributed by atoms with Gasteiger partial charge >= 0.3 is 0 Å². The van der Waals surface area contributed by atoms with Gasteiger partial charge in [0, 0.05) is 30.9 Å². The van der Waals surface area contributed by atoms with E-state index in [1.54, 1.807) is 14.1 Å². The van der Waals surface area contributed by atoms with Gasteiger partial charge in [-0.3, -0.25) is 5.10 Å². The third-order valence-corrected chi connectivity index (χ3v) is 6.40. The van der Waals surface area contributed by atoms with Crippen molar-refractivity contribution in [3.05, 3.63) is 11.3 Å². The van der Waals surface area contributed by atoms with Gasteiger partial charge in [-0.2, -0.15) is 9.40 Å². The smallest absolute Gasteiger partial charge is 0.262 e. The summed E-state index contributed by atoms with van der Waals surface area (Å²) in [5.41, 5.74) is 1.53. The molecule has 1 heterocycles. The second-order valence-corrected chi connectivity index (χ2v) is 7.93. The van der Waals surface area contributed by atoms with E-state index in [1.165, 1.54) is 10.7 Å².